The van der Waals surface area contributed by atoms with Gasteiger partial charge < -0.3 is 14.2 Å². The second kappa shape index (κ2) is 6.90. The van der Waals surface area contributed by atoms with Gasteiger partial charge in [0.1, 0.15) is 5.76 Å². The number of nitrogens with zero attached hydrogens (tertiary/aromatic N) is 2. The Labute approximate surface area is 137 Å². The third-order valence-electron chi connectivity index (χ3n) is 4.52. The SMILES string of the molecule is CN(C)c1ccc(CN(Cc2ccco2)C(=O)C2CCC2)cc1. The lowest BCUT2D eigenvalue weighted by atomic mass is 9.84. The highest BCUT2D eigenvalue weighted by atomic mass is 16.3. The molecule has 2 aromatic rings. The topological polar surface area (TPSA) is 36.7 Å². The third kappa shape index (κ3) is 3.76. The van der Waals surface area contributed by atoms with Gasteiger partial charge in [0.05, 0.1) is 12.8 Å². The van der Waals surface area contributed by atoms with Crippen LogP contribution < -0.4 is 4.90 Å². The van der Waals surface area contributed by atoms with Gasteiger partial charge in [0, 0.05) is 32.2 Å². The van der Waals surface area contributed by atoms with Crippen LogP contribution in [0, 0.1) is 5.92 Å². The molecule has 4 heteroatoms. The van der Waals surface area contributed by atoms with Crippen molar-refractivity contribution < 1.29 is 9.21 Å². The predicted octanol–water partition coefficient (Wildman–Crippen LogP) is 3.67. The van der Waals surface area contributed by atoms with Crippen LogP contribution in [0.25, 0.3) is 0 Å². The lowest BCUT2D eigenvalue weighted by Crippen LogP contribution is -2.38. The van der Waals surface area contributed by atoms with E-state index in [0.29, 0.717) is 13.1 Å². The maximum absolute atomic E-state index is 12.7. The van der Waals surface area contributed by atoms with Crippen molar-refractivity contribution in [1.82, 2.24) is 4.90 Å². The number of rotatable bonds is 6. The largest absolute Gasteiger partial charge is 0.467 e. The second-order valence-electron chi connectivity index (χ2n) is 6.46. The van der Waals surface area contributed by atoms with Crippen LogP contribution >= 0.6 is 0 Å². The lowest BCUT2D eigenvalue weighted by Gasteiger charge is -2.31. The van der Waals surface area contributed by atoms with E-state index in [4.69, 9.17) is 4.42 Å². The van der Waals surface area contributed by atoms with Gasteiger partial charge in [-0.05, 0) is 42.7 Å². The van der Waals surface area contributed by atoms with Crippen LogP contribution in [-0.4, -0.2) is 24.9 Å². The summed E-state index contributed by atoms with van der Waals surface area (Å²) in [5.41, 5.74) is 2.31. The molecule has 122 valence electrons. The van der Waals surface area contributed by atoms with E-state index in [1.54, 1.807) is 6.26 Å². The number of anilines is 1. The van der Waals surface area contributed by atoms with Gasteiger partial charge in [-0.3, -0.25) is 4.79 Å². The monoisotopic (exact) mass is 312 g/mol. The van der Waals surface area contributed by atoms with Crippen molar-refractivity contribution in [2.24, 2.45) is 5.92 Å². The first-order valence-corrected chi connectivity index (χ1v) is 8.21. The highest BCUT2D eigenvalue weighted by Gasteiger charge is 2.29. The maximum atomic E-state index is 12.7. The van der Waals surface area contributed by atoms with Crippen molar-refractivity contribution >= 4 is 11.6 Å². The fraction of sp³-hybridized carbons (Fsp3) is 0.421. The Morgan fingerprint density at radius 3 is 2.39 bits per heavy atom. The van der Waals surface area contributed by atoms with Crippen LogP contribution in [0.5, 0.6) is 0 Å². The van der Waals surface area contributed by atoms with E-state index in [1.165, 1.54) is 6.42 Å². The second-order valence-corrected chi connectivity index (χ2v) is 6.46. The van der Waals surface area contributed by atoms with Crippen LogP contribution in [-0.2, 0) is 17.9 Å². The summed E-state index contributed by atoms with van der Waals surface area (Å²) >= 11 is 0. The molecule has 1 aromatic heterocycles. The van der Waals surface area contributed by atoms with Crippen molar-refractivity contribution in [1.29, 1.82) is 0 Å². The number of furan rings is 1. The van der Waals surface area contributed by atoms with Gasteiger partial charge in [0.25, 0.3) is 0 Å². The Kier molecular flexibility index (Phi) is 4.70. The van der Waals surface area contributed by atoms with E-state index in [2.05, 4.69) is 29.2 Å². The lowest BCUT2D eigenvalue weighted by molar-refractivity contribution is -0.139. The van der Waals surface area contributed by atoms with Gasteiger partial charge >= 0.3 is 0 Å². The van der Waals surface area contributed by atoms with Gasteiger partial charge in [-0.2, -0.15) is 0 Å². The Morgan fingerprint density at radius 2 is 1.87 bits per heavy atom. The number of benzene rings is 1. The smallest absolute Gasteiger partial charge is 0.226 e. The van der Waals surface area contributed by atoms with Gasteiger partial charge in [0.15, 0.2) is 0 Å². The Morgan fingerprint density at radius 1 is 1.13 bits per heavy atom. The number of amides is 1. The minimum atomic E-state index is 0.200. The standard InChI is InChI=1S/C19H24N2O2/c1-20(2)17-10-8-15(9-11-17)13-21(14-18-7-4-12-23-18)19(22)16-5-3-6-16/h4,7-12,16H,3,5-6,13-14H2,1-2H3. The molecule has 1 fully saturated rings. The molecule has 0 radical (unpaired) electrons. The normalized spacial score (nSPS) is 14.3. The fourth-order valence-corrected chi connectivity index (χ4v) is 2.84. The highest BCUT2D eigenvalue weighted by Crippen LogP contribution is 2.29. The zero-order chi connectivity index (χ0) is 16.2. The first-order chi connectivity index (χ1) is 11.1. The maximum Gasteiger partial charge on any atom is 0.226 e. The first-order valence-electron chi connectivity index (χ1n) is 8.21. The van der Waals surface area contributed by atoms with Crippen molar-refractivity contribution in [2.75, 3.05) is 19.0 Å². The van der Waals surface area contributed by atoms with E-state index in [0.717, 1.165) is 29.9 Å². The molecular formula is C19H24N2O2. The summed E-state index contributed by atoms with van der Waals surface area (Å²) < 4.78 is 5.43. The van der Waals surface area contributed by atoms with Crippen LogP contribution in [0.4, 0.5) is 5.69 Å². The molecule has 0 spiro atoms. The zero-order valence-electron chi connectivity index (χ0n) is 13.9. The van der Waals surface area contributed by atoms with Crippen molar-refractivity contribution in [3.8, 4) is 0 Å². The minimum Gasteiger partial charge on any atom is -0.467 e. The molecular weight excluding hydrogens is 288 g/mol. The molecule has 1 amide bonds. The number of carbonyl (C=O) groups excluding carboxylic acids is 1. The molecule has 3 rings (SSSR count). The van der Waals surface area contributed by atoms with E-state index in [-0.39, 0.29) is 11.8 Å². The Bertz CT molecular complexity index is 628. The molecule has 1 aliphatic rings. The number of hydrogen-bond acceptors (Lipinski definition) is 3. The molecule has 0 N–H and O–H groups in total. The molecule has 4 nitrogen and oxygen atoms in total. The highest BCUT2D eigenvalue weighted by molar-refractivity contribution is 5.79. The number of carbonyl (C=O) groups is 1. The molecule has 0 saturated heterocycles. The average Bonchev–Trinajstić information content (AvgIpc) is 2.98. The van der Waals surface area contributed by atoms with Crippen LogP contribution in [0.1, 0.15) is 30.6 Å². The summed E-state index contributed by atoms with van der Waals surface area (Å²) in [5.74, 6) is 1.29. The molecule has 1 aliphatic carbocycles. The molecule has 1 heterocycles. The summed E-state index contributed by atoms with van der Waals surface area (Å²) in [4.78, 5) is 16.7. The van der Waals surface area contributed by atoms with Crippen LogP contribution in [0.15, 0.2) is 47.1 Å². The molecule has 0 bridgehead atoms. The van der Waals surface area contributed by atoms with Gasteiger partial charge in [-0.15, -0.1) is 0 Å². The summed E-state index contributed by atoms with van der Waals surface area (Å²) in [6.45, 7) is 1.17. The molecule has 0 aliphatic heterocycles. The molecule has 1 saturated carbocycles. The molecule has 0 atom stereocenters. The van der Waals surface area contributed by atoms with Gasteiger partial charge in [-0.1, -0.05) is 18.6 Å². The van der Waals surface area contributed by atoms with Crippen molar-refractivity contribution in [2.45, 2.75) is 32.4 Å². The Hall–Kier alpha value is -2.23. The van der Waals surface area contributed by atoms with E-state index >= 15 is 0 Å². The zero-order valence-corrected chi connectivity index (χ0v) is 13.9. The minimum absolute atomic E-state index is 0.200. The Balaban J connectivity index is 1.73. The summed E-state index contributed by atoms with van der Waals surface area (Å²) in [6, 6.07) is 12.2. The van der Waals surface area contributed by atoms with E-state index < -0.39 is 0 Å². The van der Waals surface area contributed by atoms with Crippen molar-refractivity contribution in [3.05, 3.63) is 54.0 Å². The molecule has 23 heavy (non-hydrogen) atoms. The van der Waals surface area contributed by atoms with Crippen LogP contribution in [0.3, 0.4) is 0 Å². The summed E-state index contributed by atoms with van der Waals surface area (Å²) in [5, 5.41) is 0. The molecule has 1 aromatic carbocycles. The van der Waals surface area contributed by atoms with E-state index in [9.17, 15) is 4.79 Å². The summed E-state index contributed by atoms with van der Waals surface area (Å²) in [6.07, 6.45) is 4.87. The first kappa shape index (κ1) is 15.7. The quantitative estimate of drug-likeness (QED) is 0.816. The van der Waals surface area contributed by atoms with Crippen molar-refractivity contribution in [3.63, 3.8) is 0 Å². The van der Waals surface area contributed by atoms with E-state index in [1.807, 2.05) is 31.1 Å². The van der Waals surface area contributed by atoms with Crippen LogP contribution in [0.2, 0.25) is 0 Å². The number of hydrogen-bond donors (Lipinski definition) is 0. The third-order valence-corrected chi connectivity index (χ3v) is 4.52. The fourth-order valence-electron chi connectivity index (χ4n) is 2.84. The predicted molar refractivity (Wildman–Crippen MR) is 91.1 cm³/mol. The van der Waals surface area contributed by atoms with Gasteiger partial charge in [-0.25, -0.2) is 0 Å². The summed E-state index contributed by atoms with van der Waals surface area (Å²) in [7, 11) is 4.05. The van der Waals surface area contributed by atoms with Gasteiger partial charge in [0.2, 0.25) is 5.91 Å². The molecule has 0 unspecified atom stereocenters. The average molecular weight is 312 g/mol.